The zero-order valence-corrected chi connectivity index (χ0v) is 7.44. The first-order valence-corrected chi connectivity index (χ1v) is 4.06. The Morgan fingerprint density at radius 1 is 1.50 bits per heavy atom. The third-order valence-electron chi connectivity index (χ3n) is 1.07. The van der Waals surface area contributed by atoms with Gasteiger partial charge in [0, 0.05) is 7.05 Å². The summed E-state index contributed by atoms with van der Waals surface area (Å²) < 4.78 is 35.8. The summed E-state index contributed by atoms with van der Waals surface area (Å²) in [5.41, 5.74) is -1.03. The van der Waals surface area contributed by atoms with Gasteiger partial charge in [-0.3, -0.25) is 0 Å². The predicted molar refractivity (Wildman–Crippen MR) is 41.7 cm³/mol. The summed E-state index contributed by atoms with van der Waals surface area (Å²) in [6.45, 7) is 0. The summed E-state index contributed by atoms with van der Waals surface area (Å²) in [5.74, 6) is 0. The average molecular weight is 217 g/mol. The van der Waals surface area contributed by atoms with Crippen LogP contribution in [-0.2, 0) is 6.18 Å². The van der Waals surface area contributed by atoms with Crippen molar-refractivity contribution in [3.05, 3.63) is 10.0 Å². The highest BCUT2D eigenvalue weighted by Gasteiger charge is 2.37. The Bertz CT molecular complexity index is 283. The quantitative estimate of drug-likeness (QED) is 0.781. The second kappa shape index (κ2) is 3.10. The molecule has 0 saturated carbocycles. The van der Waals surface area contributed by atoms with Gasteiger partial charge in [0.2, 0.25) is 0 Å². The van der Waals surface area contributed by atoms with Crippen LogP contribution in [0.1, 0.15) is 5.69 Å². The molecule has 0 aliphatic carbocycles. The molecule has 1 heterocycles. The topological polar surface area (TPSA) is 24.9 Å². The third kappa shape index (κ3) is 1.81. The molecule has 0 unspecified atom stereocenters. The molecule has 1 aromatic heterocycles. The maximum atomic E-state index is 12.0. The number of hydrogen-bond acceptors (Lipinski definition) is 3. The lowest BCUT2D eigenvalue weighted by Crippen LogP contribution is -2.06. The minimum atomic E-state index is -4.47. The van der Waals surface area contributed by atoms with Crippen LogP contribution in [0.2, 0.25) is 4.34 Å². The molecule has 2 nitrogen and oxygen atoms in total. The van der Waals surface area contributed by atoms with Gasteiger partial charge in [-0.1, -0.05) is 22.9 Å². The van der Waals surface area contributed by atoms with Crippen molar-refractivity contribution in [2.24, 2.45) is 0 Å². The fourth-order valence-corrected chi connectivity index (χ4v) is 1.62. The minimum Gasteiger partial charge on any atom is -0.365 e. The third-order valence-corrected chi connectivity index (χ3v) is 2.34. The number of nitrogens with zero attached hydrogens (tertiary/aromatic N) is 1. The van der Waals surface area contributed by atoms with E-state index in [9.17, 15) is 13.2 Å². The summed E-state index contributed by atoms with van der Waals surface area (Å²) in [6, 6.07) is 0. The van der Waals surface area contributed by atoms with E-state index in [0.717, 1.165) is 11.3 Å². The number of alkyl halides is 3. The van der Waals surface area contributed by atoms with Gasteiger partial charge >= 0.3 is 6.18 Å². The normalized spacial score (nSPS) is 11.8. The van der Waals surface area contributed by atoms with Gasteiger partial charge in [0.15, 0.2) is 10.8 Å². The number of aromatic nitrogens is 1. The molecule has 0 atom stereocenters. The van der Waals surface area contributed by atoms with Crippen LogP contribution in [0.15, 0.2) is 0 Å². The Balaban J connectivity index is 3.08. The minimum absolute atomic E-state index is 0.160. The first kappa shape index (κ1) is 9.60. The van der Waals surface area contributed by atoms with Gasteiger partial charge in [0.05, 0.1) is 0 Å². The summed E-state index contributed by atoms with van der Waals surface area (Å²) in [5, 5.41) is 2.64. The molecule has 0 saturated heterocycles. The maximum Gasteiger partial charge on any atom is 0.435 e. The first-order chi connectivity index (χ1) is 5.45. The highest BCUT2D eigenvalue weighted by Crippen LogP contribution is 2.38. The van der Waals surface area contributed by atoms with Crippen molar-refractivity contribution in [1.29, 1.82) is 0 Å². The Kier molecular flexibility index (Phi) is 2.48. The van der Waals surface area contributed by atoms with Gasteiger partial charge in [0.25, 0.3) is 0 Å². The van der Waals surface area contributed by atoms with Crippen molar-refractivity contribution in [3.8, 4) is 0 Å². The van der Waals surface area contributed by atoms with E-state index < -0.39 is 11.9 Å². The molecule has 0 aliphatic rings. The van der Waals surface area contributed by atoms with Crippen molar-refractivity contribution in [2.75, 3.05) is 12.4 Å². The molecule has 0 bridgehead atoms. The highest BCUT2D eigenvalue weighted by atomic mass is 35.5. The number of halogens is 4. The largest absolute Gasteiger partial charge is 0.435 e. The molecule has 0 spiro atoms. The van der Waals surface area contributed by atoms with Crippen molar-refractivity contribution >= 4 is 28.1 Å². The summed E-state index contributed by atoms with van der Waals surface area (Å²) in [4.78, 5) is 3.25. The van der Waals surface area contributed by atoms with Crippen LogP contribution in [0.4, 0.5) is 18.3 Å². The standard InChI is InChI=1S/C5H4ClF3N2S/c1-10-4-11-2(3(6)12-4)5(7,8)9/h1H3,(H,10,11). The zero-order valence-electron chi connectivity index (χ0n) is 5.87. The number of hydrogen-bond donors (Lipinski definition) is 1. The molecular weight excluding hydrogens is 213 g/mol. The SMILES string of the molecule is CNc1nc(C(F)(F)F)c(Cl)s1. The Morgan fingerprint density at radius 3 is 2.33 bits per heavy atom. The smallest absolute Gasteiger partial charge is 0.365 e. The molecule has 68 valence electrons. The molecule has 12 heavy (non-hydrogen) atoms. The molecule has 0 aliphatic heterocycles. The lowest BCUT2D eigenvalue weighted by Gasteiger charge is -2.00. The lowest BCUT2D eigenvalue weighted by atomic mass is 10.5. The van der Waals surface area contributed by atoms with E-state index in [1.54, 1.807) is 0 Å². The van der Waals surface area contributed by atoms with Crippen LogP contribution in [0.3, 0.4) is 0 Å². The van der Waals surface area contributed by atoms with E-state index in [0.29, 0.717) is 0 Å². The van der Waals surface area contributed by atoms with Crippen molar-refractivity contribution in [2.45, 2.75) is 6.18 Å². The lowest BCUT2D eigenvalue weighted by molar-refractivity contribution is -0.140. The van der Waals surface area contributed by atoms with E-state index in [4.69, 9.17) is 11.6 Å². The summed E-state index contributed by atoms with van der Waals surface area (Å²) in [6.07, 6.45) is -4.47. The molecule has 1 rings (SSSR count). The van der Waals surface area contributed by atoms with Gasteiger partial charge in [-0.2, -0.15) is 13.2 Å². The fourth-order valence-electron chi connectivity index (χ4n) is 0.583. The number of nitrogens with one attached hydrogen (secondary N) is 1. The predicted octanol–water partition coefficient (Wildman–Crippen LogP) is 2.86. The van der Waals surface area contributed by atoms with Crippen LogP contribution in [0, 0.1) is 0 Å². The number of rotatable bonds is 1. The number of thiazole rings is 1. The van der Waals surface area contributed by atoms with Crippen LogP contribution in [0.25, 0.3) is 0 Å². The molecule has 1 N–H and O–H groups in total. The molecular formula is C5H4ClF3N2S. The van der Waals surface area contributed by atoms with Crippen molar-refractivity contribution < 1.29 is 13.2 Å². The van der Waals surface area contributed by atoms with Crippen LogP contribution >= 0.6 is 22.9 Å². The van der Waals surface area contributed by atoms with Gasteiger partial charge in [-0.05, 0) is 0 Å². The Hall–Kier alpha value is -0.490. The molecule has 0 aromatic carbocycles. The second-order valence-corrected chi connectivity index (χ2v) is 3.49. The second-order valence-electron chi connectivity index (χ2n) is 1.89. The van der Waals surface area contributed by atoms with E-state index in [1.807, 2.05) is 0 Å². The Morgan fingerprint density at radius 2 is 2.08 bits per heavy atom. The fraction of sp³-hybridized carbons (Fsp3) is 0.400. The van der Waals surface area contributed by atoms with E-state index in [2.05, 4.69) is 10.3 Å². The van der Waals surface area contributed by atoms with Crippen molar-refractivity contribution in [3.63, 3.8) is 0 Å². The molecule has 0 radical (unpaired) electrons. The molecule has 0 fully saturated rings. The zero-order chi connectivity index (χ0) is 9.35. The summed E-state index contributed by atoms with van der Waals surface area (Å²) >= 11 is 6.07. The van der Waals surface area contributed by atoms with Gasteiger partial charge in [-0.15, -0.1) is 0 Å². The van der Waals surface area contributed by atoms with Gasteiger partial charge < -0.3 is 5.32 Å². The highest BCUT2D eigenvalue weighted by molar-refractivity contribution is 7.19. The van der Waals surface area contributed by atoms with Crippen LogP contribution in [0.5, 0.6) is 0 Å². The van der Waals surface area contributed by atoms with E-state index in [1.165, 1.54) is 7.05 Å². The van der Waals surface area contributed by atoms with Crippen molar-refractivity contribution in [1.82, 2.24) is 4.98 Å². The monoisotopic (exact) mass is 216 g/mol. The van der Waals surface area contributed by atoms with Crippen LogP contribution < -0.4 is 5.32 Å². The van der Waals surface area contributed by atoms with E-state index in [-0.39, 0.29) is 9.47 Å². The van der Waals surface area contributed by atoms with Gasteiger partial charge in [0.1, 0.15) is 4.34 Å². The first-order valence-electron chi connectivity index (χ1n) is 2.86. The maximum absolute atomic E-state index is 12.0. The van der Waals surface area contributed by atoms with Crippen LogP contribution in [-0.4, -0.2) is 12.0 Å². The van der Waals surface area contributed by atoms with E-state index >= 15 is 0 Å². The number of anilines is 1. The molecule has 7 heteroatoms. The molecule has 1 aromatic rings. The van der Waals surface area contributed by atoms with Gasteiger partial charge in [-0.25, -0.2) is 4.98 Å². The molecule has 0 amide bonds. The average Bonchev–Trinajstić information content (AvgIpc) is 2.29. The Labute approximate surface area is 75.4 Å². The summed E-state index contributed by atoms with van der Waals surface area (Å²) in [7, 11) is 1.48.